The van der Waals surface area contributed by atoms with Gasteiger partial charge >= 0.3 is 12.3 Å². The summed E-state index contributed by atoms with van der Waals surface area (Å²) >= 11 is 0. The SMILES string of the molecule is CC(C)(C)OC(=O)Nc1nn(CC(F)(F)F)cc1C#N. The predicted octanol–water partition coefficient (Wildman–Crippen LogP) is 2.66. The normalized spacial score (nSPS) is 11.8. The molecule has 20 heavy (non-hydrogen) atoms. The molecule has 1 amide bonds. The van der Waals surface area contributed by atoms with E-state index in [-0.39, 0.29) is 11.4 Å². The van der Waals surface area contributed by atoms with Gasteiger partial charge in [-0.1, -0.05) is 0 Å². The van der Waals surface area contributed by atoms with Gasteiger partial charge in [0.25, 0.3) is 0 Å². The summed E-state index contributed by atoms with van der Waals surface area (Å²) in [6.45, 7) is 3.53. The highest BCUT2D eigenvalue weighted by atomic mass is 19.4. The van der Waals surface area contributed by atoms with Crippen LogP contribution >= 0.6 is 0 Å². The second kappa shape index (κ2) is 5.40. The zero-order valence-corrected chi connectivity index (χ0v) is 11.1. The number of hydrogen-bond donors (Lipinski definition) is 1. The number of hydrogen-bond acceptors (Lipinski definition) is 4. The van der Waals surface area contributed by atoms with Gasteiger partial charge in [-0.05, 0) is 20.8 Å². The molecule has 0 unspecified atom stereocenters. The van der Waals surface area contributed by atoms with Gasteiger partial charge in [0, 0.05) is 6.20 Å². The van der Waals surface area contributed by atoms with Crippen LogP contribution in [0.5, 0.6) is 0 Å². The molecular weight excluding hydrogens is 277 g/mol. The molecule has 1 N–H and O–H groups in total. The van der Waals surface area contributed by atoms with Gasteiger partial charge in [-0.15, -0.1) is 0 Å². The minimum atomic E-state index is -4.47. The highest BCUT2D eigenvalue weighted by molar-refractivity contribution is 5.85. The molecule has 0 bridgehead atoms. The topological polar surface area (TPSA) is 79.9 Å². The Morgan fingerprint density at radius 2 is 2.10 bits per heavy atom. The monoisotopic (exact) mass is 290 g/mol. The van der Waals surface area contributed by atoms with Gasteiger partial charge in [0.15, 0.2) is 5.82 Å². The minimum absolute atomic E-state index is 0.180. The van der Waals surface area contributed by atoms with Crippen molar-refractivity contribution in [2.45, 2.75) is 39.1 Å². The molecule has 0 saturated heterocycles. The van der Waals surface area contributed by atoms with Crippen molar-refractivity contribution in [1.29, 1.82) is 5.26 Å². The molecule has 0 fully saturated rings. The third kappa shape index (κ3) is 5.17. The fourth-order valence-corrected chi connectivity index (χ4v) is 1.26. The first-order valence-electron chi connectivity index (χ1n) is 5.54. The molecule has 0 radical (unpaired) electrons. The van der Waals surface area contributed by atoms with E-state index in [1.165, 1.54) is 0 Å². The van der Waals surface area contributed by atoms with Gasteiger partial charge in [0.05, 0.1) is 0 Å². The van der Waals surface area contributed by atoms with Crippen molar-refractivity contribution in [3.8, 4) is 6.07 Å². The summed E-state index contributed by atoms with van der Waals surface area (Å²) in [6, 6.07) is 1.65. The fourth-order valence-electron chi connectivity index (χ4n) is 1.26. The maximum atomic E-state index is 12.2. The van der Waals surface area contributed by atoms with E-state index in [0.717, 1.165) is 6.20 Å². The van der Waals surface area contributed by atoms with E-state index in [1.54, 1.807) is 26.8 Å². The third-order valence-electron chi connectivity index (χ3n) is 1.84. The zero-order chi connectivity index (χ0) is 15.6. The number of nitrogens with zero attached hydrogens (tertiary/aromatic N) is 3. The Morgan fingerprint density at radius 3 is 2.55 bits per heavy atom. The number of rotatable bonds is 2. The number of amides is 1. The second-order valence-electron chi connectivity index (χ2n) is 4.94. The number of carbonyl (C=O) groups is 1. The number of halogens is 3. The van der Waals surface area contributed by atoms with Gasteiger partial charge in [0.2, 0.25) is 0 Å². The standard InChI is InChI=1S/C11H13F3N4O2/c1-10(2,3)20-9(19)16-8-7(4-15)5-18(17-8)6-11(12,13)14/h5H,6H2,1-3H3,(H,16,17,19). The smallest absolute Gasteiger partial charge is 0.413 e. The van der Waals surface area contributed by atoms with Crippen molar-refractivity contribution in [2.24, 2.45) is 0 Å². The number of nitrogens with one attached hydrogen (secondary N) is 1. The fraction of sp³-hybridized carbons (Fsp3) is 0.545. The van der Waals surface area contributed by atoms with E-state index in [0.29, 0.717) is 4.68 Å². The summed E-state index contributed by atoms with van der Waals surface area (Å²) in [4.78, 5) is 11.5. The molecule has 1 aromatic heterocycles. The molecule has 9 heteroatoms. The van der Waals surface area contributed by atoms with Crippen molar-refractivity contribution in [1.82, 2.24) is 9.78 Å². The van der Waals surface area contributed by atoms with Crippen molar-refractivity contribution in [3.63, 3.8) is 0 Å². The zero-order valence-electron chi connectivity index (χ0n) is 11.1. The summed E-state index contributed by atoms with van der Waals surface area (Å²) in [5.74, 6) is -0.272. The maximum absolute atomic E-state index is 12.2. The highest BCUT2D eigenvalue weighted by Gasteiger charge is 2.29. The lowest BCUT2D eigenvalue weighted by molar-refractivity contribution is -0.142. The summed E-state index contributed by atoms with van der Waals surface area (Å²) in [7, 11) is 0. The maximum Gasteiger partial charge on any atom is 0.413 e. The Labute approximate surface area is 113 Å². The molecule has 110 valence electrons. The average Bonchev–Trinajstić information content (AvgIpc) is 2.53. The van der Waals surface area contributed by atoms with E-state index in [1.807, 2.05) is 0 Å². The number of carbonyl (C=O) groups excluding carboxylic acids is 1. The van der Waals surface area contributed by atoms with Crippen LogP contribution in [0.25, 0.3) is 0 Å². The minimum Gasteiger partial charge on any atom is -0.444 e. The quantitative estimate of drug-likeness (QED) is 0.908. The van der Waals surface area contributed by atoms with Crippen LogP contribution in [0.15, 0.2) is 6.20 Å². The molecule has 1 heterocycles. The molecule has 0 aliphatic carbocycles. The van der Waals surface area contributed by atoms with Crippen molar-refractivity contribution >= 4 is 11.9 Å². The lowest BCUT2D eigenvalue weighted by Crippen LogP contribution is -2.27. The summed E-state index contributed by atoms with van der Waals surface area (Å²) < 4.78 is 42.1. The molecule has 0 spiro atoms. The Morgan fingerprint density at radius 1 is 1.50 bits per heavy atom. The Kier molecular flexibility index (Phi) is 4.27. The second-order valence-corrected chi connectivity index (χ2v) is 4.94. The van der Waals surface area contributed by atoms with Crippen molar-refractivity contribution in [2.75, 3.05) is 5.32 Å². The van der Waals surface area contributed by atoms with Crippen molar-refractivity contribution < 1.29 is 22.7 Å². The lowest BCUT2D eigenvalue weighted by atomic mass is 10.2. The number of anilines is 1. The van der Waals surface area contributed by atoms with Gasteiger partial charge in [-0.2, -0.15) is 23.5 Å². The van der Waals surface area contributed by atoms with Crippen LogP contribution in [-0.2, 0) is 11.3 Å². The Bertz CT molecular complexity index is 537. The van der Waals surface area contributed by atoms with E-state index < -0.39 is 24.4 Å². The summed E-state index contributed by atoms with van der Waals surface area (Å²) in [5.41, 5.74) is -0.953. The number of ether oxygens (including phenoxy) is 1. The van der Waals surface area contributed by atoms with E-state index in [4.69, 9.17) is 10.00 Å². The number of aromatic nitrogens is 2. The average molecular weight is 290 g/mol. The van der Waals surface area contributed by atoms with Crippen LogP contribution in [0.4, 0.5) is 23.8 Å². The van der Waals surface area contributed by atoms with Crippen LogP contribution in [0, 0.1) is 11.3 Å². The van der Waals surface area contributed by atoms with Crippen LogP contribution in [-0.4, -0.2) is 27.7 Å². The molecule has 1 rings (SSSR count). The number of nitriles is 1. The van der Waals surface area contributed by atoms with Gasteiger partial charge in [0.1, 0.15) is 23.8 Å². The summed E-state index contributed by atoms with van der Waals surface area (Å²) in [6.07, 6.45) is -4.46. The lowest BCUT2D eigenvalue weighted by Gasteiger charge is -2.19. The largest absolute Gasteiger partial charge is 0.444 e. The molecule has 0 aliphatic rings. The highest BCUT2D eigenvalue weighted by Crippen LogP contribution is 2.20. The van der Waals surface area contributed by atoms with Crippen molar-refractivity contribution in [3.05, 3.63) is 11.8 Å². The first-order valence-corrected chi connectivity index (χ1v) is 5.54. The molecule has 0 atom stereocenters. The predicted molar refractivity (Wildman–Crippen MR) is 62.9 cm³/mol. The van der Waals surface area contributed by atoms with E-state index >= 15 is 0 Å². The molecule has 0 aliphatic heterocycles. The van der Waals surface area contributed by atoms with Crippen LogP contribution in [0.2, 0.25) is 0 Å². The van der Waals surface area contributed by atoms with Crippen LogP contribution in [0.1, 0.15) is 26.3 Å². The van der Waals surface area contributed by atoms with Gasteiger partial charge < -0.3 is 4.74 Å². The molecule has 0 saturated carbocycles. The van der Waals surface area contributed by atoms with Gasteiger partial charge in [-0.25, -0.2) is 4.79 Å². The summed E-state index contributed by atoms with van der Waals surface area (Å²) in [5, 5.41) is 14.4. The Balaban J connectivity index is 2.85. The third-order valence-corrected chi connectivity index (χ3v) is 1.84. The van der Waals surface area contributed by atoms with Gasteiger partial charge in [-0.3, -0.25) is 10.00 Å². The first kappa shape index (κ1) is 15.8. The van der Waals surface area contributed by atoms with E-state index in [9.17, 15) is 18.0 Å². The molecule has 6 nitrogen and oxygen atoms in total. The van der Waals surface area contributed by atoms with Crippen LogP contribution < -0.4 is 5.32 Å². The van der Waals surface area contributed by atoms with E-state index in [2.05, 4.69) is 10.4 Å². The molecule has 0 aromatic carbocycles. The Hall–Kier alpha value is -2.24. The molecule has 1 aromatic rings. The molecular formula is C11H13F3N4O2. The number of alkyl halides is 3. The van der Waals surface area contributed by atoms with Crippen LogP contribution in [0.3, 0.4) is 0 Å². The first-order chi connectivity index (χ1) is 9.00.